The van der Waals surface area contributed by atoms with Crippen LogP contribution >= 0.6 is 11.3 Å². The summed E-state index contributed by atoms with van der Waals surface area (Å²) in [5.41, 5.74) is 0.758. The number of hydrogen-bond acceptors (Lipinski definition) is 5. The van der Waals surface area contributed by atoms with E-state index in [9.17, 15) is 14.4 Å². The van der Waals surface area contributed by atoms with Crippen LogP contribution in [-0.4, -0.2) is 30.1 Å². The maximum atomic E-state index is 12.1. The summed E-state index contributed by atoms with van der Waals surface area (Å²) in [4.78, 5) is 37.0. The van der Waals surface area contributed by atoms with Crippen LogP contribution < -0.4 is 10.6 Å². The maximum Gasteiger partial charge on any atom is 0.348 e. The Morgan fingerprint density at radius 2 is 2.04 bits per heavy atom. The van der Waals surface area contributed by atoms with Crippen molar-refractivity contribution in [1.82, 2.24) is 10.6 Å². The molecule has 0 aliphatic heterocycles. The largest absolute Gasteiger partial charge is 0.451 e. The van der Waals surface area contributed by atoms with Crippen molar-refractivity contribution in [2.24, 2.45) is 5.92 Å². The summed E-state index contributed by atoms with van der Waals surface area (Å²) < 4.78 is 5.00. The van der Waals surface area contributed by atoms with E-state index in [1.165, 1.54) is 21.8 Å². The maximum absolute atomic E-state index is 12.1. The van der Waals surface area contributed by atoms with Crippen LogP contribution in [0.15, 0.2) is 6.07 Å². The van der Waals surface area contributed by atoms with Gasteiger partial charge in [0.2, 0.25) is 0 Å². The van der Waals surface area contributed by atoms with Crippen molar-refractivity contribution in [1.29, 1.82) is 0 Å². The second-order valence-corrected chi connectivity index (χ2v) is 8.37. The van der Waals surface area contributed by atoms with Crippen molar-refractivity contribution in [3.63, 3.8) is 0 Å². The topological polar surface area (TPSA) is 84.5 Å². The molecule has 0 saturated heterocycles. The molecule has 6 nitrogen and oxygen atoms in total. The van der Waals surface area contributed by atoms with Crippen LogP contribution in [0.25, 0.3) is 0 Å². The molecule has 0 aromatic carbocycles. The first-order valence-electron chi connectivity index (χ1n) is 8.05. The summed E-state index contributed by atoms with van der Waals surface area (Å²) in [6, 6.07) is 1.26. The van der Waals surface area contributed by atoms with Crippen molar-refractivity contribution >= 4 is 29.2 Å². The summed E-state index contributed by atoms with van der Waals surface area (Å²) >= 11 is 1.43. The minimum atomic E-state index is -0.653. The number of esters is 1. The van der Waals surface area contributed by atoms with Crippen molar-refractivity contribution < 1.29 is 19.1 Å². The van der Waals surface area contributed by atoms with E-state index in [0.29, 0.717) is 10.8 Å². The lowest BCUT2D eigenvalue weighted by atomic mass is 9.90. The molecule has 3 amide bonds. The minimum Gasteiger partial charge on any atom is -0.451 e. The molecular weight excluding hydrogens is 328 g/mol. The number of thiophene rings is 1. The summed E-state index contributed by atoms with van der Waals surface area (Å²) in [5, 5.41) is 4.73. The number of imide groups is 1. The second-order valence-electron chi connectivity index (χ2n) is 7.24. The molecule has 132 valence electrons. The van der Waals surface area contributed by atoms with Crippen LogP contribution in [0.1, 0.15) is 54.2 Å². The SMILES string of the molecule is CC1CCc2sc(C(=O)OCC(=O)NC(=O)NC(C)(C)C)cc2C1. The Balaban J connectivity index is 1.83. The number of amides is 3. The fourth-order valence-corrected chi connectivity index (χ4v) is 3.65. The highest BCUT2D eigenvalue weighted by Gasteiger charge is 2.22. The lowest BCUT2D eigenvalue weighted by Crippen LogP contribution is -2.49. The smallest absolute Gasteiger partial charge is 0.348 e. The first-order chi connectivity index (χ1) is 11.1. The van der Waals surface area contributed by atoms with Crippen LogP contribution in [0, 0.1) is 5.92 Å². The molecule has 2 N–H and O–H groups in total. The zero-order chi connectivity index (χ0) is 17.9. The summed E-state index contributed by atoms with van der Waals surface area (Å²) in [6.07, 6.45) is 3.10. The van der Waals surface area contributed by atoms with E-state index in [1.807, 2.05) is 6.07 Å². The Morgan fingerprint density at radius 3 is 2.71 bits per heavy atom. The second kappa shape index (κ2) is 7.34. The number of ether oxygens (including phenoxy) is 1. The Morgan fingerprint density at radius 1 is 1.33 bits per heavy atom. The van der Waals surface area contributed by atoms with E-state index in [2.05, 4.69) is 17.6 Å². The summed E-state index contributed by atoms with van der Waals surface area (Å²) in [6.45, 7) is 7.13. The predicted molar refractivity (Wildman–Crippen MR) is 92.2 cm³/mol. The third-order valence-electron chi connectivity index (χ3n) is 3.61. The highest BCUT2D eigenvalue weighted by molar-refractivity contribution is 7.14. The number of aryl methyl sites for hydroxylation is 1. The Kier molecular flexibility index (Phi) is 5.64. The van der Waals surface area contributed by atoms with Crippen LogP contribution in [0.4, 0.5) is 4.79 Å². The molecule has 0 fully saturated rings. The van der Waals surface area contributed by atoms with Gasteiger partial charge in [0.05, 0.1) is 0 Å². The molecule has 1 aromatic heterocycles. The van der Waals surface area contributed by atoms with Crippen LogP contribution in [0.3, 0.4) is 0 Å². The van der Waals surface area contributed by atoms with Gasteiger partial charge in [-0.2, -0.15) is 0 Å². The number of fused-ring (bicyclic) bond motifs is 1. The standard InChI is InChI=1S/C17H24N2O4S/c1-10-5-6-12-11(7-10)8-13(24-12)15(21)23-9-14(20)18-16(22)19-17(2,3)4/h8,10H,5-7,9H2,1-4H3,(H2,18,19,20,22). The van der Waals surface area contributed by atoms with E-state index in [4.69, 9.17) is 4.74 Å². The highest BCUT2D eigenvalue weighted by atomic mass is 32.1. The number of nitrogens with one attached hydrogen (secondary N) is 2. The van der Waals surface area contributed by atoms with Gasteiger partial charge < -0.3 is 10.1 Å². The fraction of sp³-hybridized carbons (Fsp3) is 0.588. The molecule has 0 bridgehead atoms. The van der Waals surface area contributed by atoms with Gasteiger partial charge in [-0.1, -0.05) is 6.92 Å². The highest BCUT2D eigenvalue weighted by Crippen LogP contribution is 2.32. The van der Waals surface area contributed by atoms with Gasteiger partial charge in [0.15, 0.2) is 6.61 Å². The molecule has 1 unspecified atom stereocenters. The zero-order valence-corrected chi connectivity index (χ0v) is 15.3. The lowest BCUT2D eigenvalue weighted by molar-refractivity contribution is -0.123. The molecule has 0 radical (unpaired) electrons. The van der Waals surface area contributed by atoms with E-state index >= 15 is 0 Å². The Bertz CT molecular complexity index is 646. The quantitative estimate of drug-likeness (QED) is 0.819. The van der Waals surface area contributed by atoms with E-state index in [1.54, 1.807) is 20.8 Å². The van der Waals surface area contributed by atoms with Gasteiger partial charge in [0, 0.05) is 10.4 Å². The molecular formula is C17H24N2O4S. The predicted octanol–water partition coefficient (Wildman–Crippen LogP) is 2.65. The molecule has 0 spiro atoms. The third kappa shape index (κ3) is 5.33. The number of carbonyl (C=O) groups is 3. The Hall–Kier alpha value is -1.89. The molecule has 0 saturated carbocycles. The molecule has 1 heterocycles. The minimum absolute atomic E-state index is 0.450. The first kappa shape index (κ1) is 18.4. The van der Waals surface area contributed by atoms with Gasteiger partial charge >= 0.3 is 12.0 Å². The fourth-order valence-electron chi connectivity index (χ4n) is 2.54. The number of hydrogen-bond donors (Lipinski definition) is 2. The van der Waals surface area contributed by atoms with E-state index in [-0.39, 0.29) is 0 Å². The van der Waals surface area contributed by atoms with Gasteiger partial charge in [-0.3, -0.25) is 10.1 Å². The molecule has 1 aliphatic carbocycles. The van der Waals surface area contributed by atoms with E-state index < -0.39 is 30.1 Å². The van der Waals surface area contributed by atoms with Gasteiger partial charge in [-0.25, -0.2) is 9.59 Å². The molecule has 1 aromatic rings. The average Bonchev–Trinajstić information content (AvgIpc) is 2.85. The summed E-state index contributed by atoms with van der Waals surface area (Å²) in [5.74, 6) is -0.545. The summed E-state index contributed by atoms with van der Waals surface area (Å²) in [7, 11) is 0. The van der Waals surface area contributed by atoms with Gasteiger partial charge in [0.1, 0.15) is 4.88 Å². The lowest BCUT2D eigenvalue weighted by Gasteiger charge is -2.20. The monoisotopic (exact) mass is 352 g/mol. The van der Waals surface area contributed by atoms with Gasteiger partial charge in [0.25, 0.3) is 5.91 Å². The molecule has 7 heteroatoms. The number of urea groups is 1. The van der Waals surface area contributed by atoms with Crippen molar-refractivity contribution in [3.05, 3.63) is 21.4 Å². The van der Waals surface area contributed by atoms with Gasteiger partial charge in [-0.15, -0.1) is 11.3 Å². The molecule has 1 atom stereocenters. The van der Waals surface area contributed by atoms with Gasteiger partial charge in [-0.05, 0) is 57.6 Å². The van der Waals surface area contributed by atoms with Crippen LogP contribution in [-0.2, 0) is 22.4 Å². The van der Waals surface area contributed by atoms with Crippen molar-refractivity contribution in [2.45, 2.75) is 52.5 Å². The third-order valence-corrected chi connectivity index (χ3v) is 4.82. The van der Waals surface area contributed by atoms with Crippen molar-refractivity contribution in [3.8, 4) is 0 Å². The Labute approximate surface area is 146 Å². The zero-order valence-electron chi connectivity index (χ0n) is 14.5. The van der Waals surface area contributed by atoms with Crippen LogP contribution in [0.2, 0.25) is 0 Å². The molecule has 1 aliphatic rings. The number of carbonyl (C=O) groups excluding carboxylic acids is 3. The molecule has 2 rings (SSSR count). The first-order valence-corrected chi connectivity index (χ1v) is 8.86. The number of rotatable bonds is 3. The normalized spacial score (nSPS) is 16.9. The van der Waals surface area contributed by atoms with Crippen LogP contribution in [0.5, 0.6) is 0 Å². The average molecular weight is 352 g/mol. The van der Waals surface area contributed by atoms with Crippen molar-refractivity contribution in [2.75, 3.05) is 6.61 Å². The van der Waals surface area contributed by atoms with E-state index in [0.717, 1.165) is 19.3 Å². The molecule has 24 heavy (non-hydrogen) atoms.